The maximum absolute atomic E-state index is 12.9. The summed E-state index contributed by atoms with van der Waals surface area (Å²) in [7, 11) is 1.87. The molecule has 0 saturated heterocycles. The Balaban J connectivity index is 1.73. The van der Waals surface area contributed by atoms with E-state index < -0.39 is 11.7 Å². The molecule has 0 aliphatic heterocycles. The van der Waals surface area contributed by atoms with E-state index in [-0.39, 0.29) is 11.6 Å². The van der Waals surface area contributed by atoms with Crippen LogP contribution >= 0.6 is 0 Å². The first-order valence-corrected chi connectivity index (χ1v) is 8.24. The van der Waals surface area contributed by atoms with Crippen molar-refractivity contribution in [2.24, 2.45) is 7.05 Å². The molecule has 142 valence electrons. The molecule has 27 heavy (non-hydrogen) atoms. The lowest BCUT2D eigenvalue weighted by molar-refractivity contribution is -0.137. The van der Waals surface area contributed by atoms with Crippen LogP contribution in [-0.2, 0) is 19.6 Å². The highest BCUT2D eigenvalue weighted by molar-refractivity contribution is 5.95. The van der Waals surface area contributed by atoms with Crippen LogP contribution in [0, 0.1) is 6.92 Å². The SMILES string of the molecule is Cc1c(C(=O)NCCc2nccn2C)cnn1-c1cccc(C(F)(F)F)c1. The molecule has 0 saturated carbocycles. The van der Waals surface area contributed by atoms with Gasteiger partial charge in [0.25, 0.3) is 5.91 Å². The zero-order chi connectivity index (χ0) is 19.6. The molecule has 2 aromatic heterocycles. The Kier molecular flexibility index (Phi) is 5.02. The molecular weight excluding hydrogens is 359 g/mol. The number of nitrogens with zero attached hydrogens (tertiary/aromatic N) is 4. The van der Waals surface area contributed by atoms with Crippen LogP contribution < -0.4 is 5.32 Å². The second-order valence-corrected chi connectivity index (χ2v) is 6.06. The quantitative estimate of drug-likeness (QED) is 0.744. The lowest BCUT2D eigenvalue weighted by Gasteiger charge is -2.10. The molecule has 3 aromatic rings. The lowest BCUT2D eigenvalue weighted by Crippen LogP contribution is -2.26. The topological polar surface area (TPSA) is 64.7 Å². The molecule has 0 radical (unpaired) electrons. The van der Waals surface area contributed by atoms with Gasteiger partial charge in [-0.3, -0.25) is 4.79 Å². The van der Waals surface area contributed by atoms with Gasteiger partial charge in [-0.05, 0) is 25.1 Å². The highest BCUT2D eigenvalue weighted by Gasteiger charge is 2.30. The van der Waals surface area contributed by atoms with Gasteiger partial charge in [-0.1, -0.05) is 6.07 Å². The number of rotatable bonds is 5. The first-order valence-electron chi connectivity index (χ1n) is 8.24. The highest BCUT2D eigenvalue weighted by atomic mass is 19.4. The van der Waals surface area contributed by atoms with Gasteiger partial charge in [0.15, 0.2) is 0 Å². The molecule has 1 amide bonds. The van der Waals surface area contributed by atoms with E-state index in [0.29, 0.717) is 24.2 Å². The zero-order valence-electron chi connectivity index (χ0n) is 14.8. The molecule has 0 unspecified atom stereocenters. The minimum absolute atomic E-state index is 0.245. The third kappa shape index (κ3) is 4.02. The molecule has 9 heteroatoms. The molecule has 0 aliphatic rings. The first kappa shape index (κ1) is 18.7. The normalized spacial score (nSPS) is 11.6. The fourth-order valence-corrected chi connectivity index (χ4v) is 2.73. The van der Waals surface area contributed by atoms with Crippen molar-refractivity contribution >= 4 is 5.91 Å². The standard InChI is InChI=1S/C18H18F3N5O/c1-12-15(17(27)23-7-6-16-22-8-9-25(16)2)11-24-26(12)14-5-3-4-13(10-14)18(19,20)21/h3-5,8-11H,6-7H2,1-2H3,(H,23,27). The van der Waals surface area contributed by atoms with Crippen molar-refractivity contribution in [3.63, 3.8) is 0 Å². The predicted octanol–water partition coefficient (Wildman–Crippen LogP) is 2.91. The summed E-state index contributed by atoms with van der Waals surface area (Å²) in [4.78, 5) is 16.6. The van der Waals surface area contributed by atoms with Crippen molar-refractivity contribution in [2.75, 3.05) is 6.54 Å². The van der Waals surface area contributed by atoms with E-state index in [0.717, 1.165) is 18.0 Å². The van der Waals surface area contributed by atoms with Gasteiger partial charge in [-0.15, -0.1) is 0 Å². The smallest absolute Gasteiger partial charge is 0.351 e. The molecule has 0 aliphatic carbocycles. The van der Waals surface area contributed by atoms with E-state index >= 15 is 0 Å². The zero-order valence-corrected chi connectivity index (χ0v) is 14.8. The number of halogens is 3. The maximum atomic E-state index is 12.9. The van der Waals surface area contributed by atoms with Gasteiger partial charge in [0, 0.05) is 32.4 Å². The van der Waals surface area contributed by atoms with Gasteiger partial charge < -0.3 is 9.88 Å². The molecule has 0 spiro atoms. The number of alkyl halides is 3. The molecule has 0 atom stereocenters. The summed E-state index contributed by atoms with van der Waals surface area (Å²) >= 11 is 0. The van der Waals surface area contributed by atoms with Gasteiger partial charge >= 0.3 is 6.18 Å². The number of hydrogen-bond donors (Lipinski definition) is 1. The predicted molar refractivity (Wildman–Crippen MR) is 92.5 cm³/mol. The molecule has 1 aromatic carbocycles. The number of hydrogen-bond acceptors (Lipinski definition) is 3. The van der Waals surface area contributed by atoms with E-state index in [1.165, 1.54) is 23.0 Å². The van der Waals surface area contributed by atoms with Crippen molar-refractivity contribution in [3.8, 4) is 5.69 Å². The van der Waals surface area contributed by atoms with E-state index in [4.69, 9.17) is 0 Å². The minimum Gasteiger partial charge on any atom is -0.351 e. The van der Waals surface area contributed by atoms with Crippen LogP contribution in [0.25, 0.3) is 5.69 Å². The Hall–Kier alpha value is -3.10. The fraction of sp³-hybridized carbons (Fsp3) is 0.278. The minimum atomic E-state index is -4.44. The number of aromatic nitrogens is 4. The van der Waals surface area contributed by atoms with Crippen molar-refractivity contribution in [3.05, 3.63) is 65.5 Å². The Morgan fingerprint density at radius 2 is 2.07 bits per heavy atom. The molecule has 6 nitrogen and oxygen atoms in total. The Morgan fingerprint density at radius 3 is 2.74 bits per heavy atom. The Bertz CT molecular complexity index is 958. The summed E-state index contributed by atoms with van der Waals surface area (Å²) < 4.78 is 41.9. The van der Waals surface area contributed by atoms with Crippen molar-refractivity contribution in [1.29, 1.82) is 0 Å². The van der Waals surface area contributed by atoms with Gasteiger partial charge in [-0.25, -0.2) is 9.67 Å². The number of aryl methyl sites for hydroxylation is 1. The summed E-state index contributed by atoms with van der Waals surface area (Å²) in [6.07, 6.45) is 0.977. The number of benzene rings is 1. The van der Waals surface area contributed by atoms with Crippen LogP contribution in [0.4, 0.5) is 13.2 Å². The molecule has 1 N–H and O–H groups in total. The number of imidazole rings is 1. The third-order valence-electron chi connectivity index (χ3n) is 4.23. The molecule has 2 heterocycles. The summed E-state index contributed by atoms with van der Waals surface area (Å²) in [6, 6.07) is 4.82. The van der Waals surface area contributed by atoms with Crippen molar-refractivity contribution in [2.45, 2.75) is 19.5 Å². The van der Waals surface area contributed by atoms with Crippen molar-refractivity contribution in [1.82, 2.24) is 24.6 Å². The van der Waals surface area contributed by atoms with Crippen LogP contribution in [-0.4, -0.2) is 31.8 Å². The van der Waals surface area contributed by atoms with Crippen molar-refractivity contribution < 1.29 is 18.0 Å². The second-order valence-electron chi connectivity index (χ2n) is 6.06. The summed E-state index contributed by atoms with van der Waals surface area (Å²) in [5.41, 5.74) is 0.251. The highest BCUT2D eigenvalue weighted by Crippen LogP contribution is 2.30. The molecule has 3 rings (SSSR count). The Labute approximate surface area is 153 Å². The van der Waals surface area contributed by atoms with E-state index in [1.807, 2.05) is 17.8 Å². The first-order chi connectivity index (χ1) is 12.8. The van der Waals surface area contributed by atoms with Gasteiger partial charge in [0.1, 0.15) is 5.82 Å². The monoisotopic (exact) mass is 377 g/mol. The molecule has 0 fully saturated rings. The third-order valence-corrected chi connectivity index (χ3v) is 4.23. The Morgan fingerprint density at radius 1 is 1.30 bits per heavy atom. The second kappa shape index (κ2) is 7.26. The van der Waals surface area contributed by atoms with E-state index in [1.54, 1.807) is 13.1 Å². The van der Waals surface area contributed by atoms with Crippen LogP contribution in [0.3, 0.4) is 0 Å². The van der Waals surface area contributed by atoms with Gasteiger partial charge in [-0.2, -0.15) is 18.3 Å². The summed E-state index contributed by atoms with van der Waals surface area (Å²) in [5.74, 6) is 0.506. The fourth-order valence-electron chi connectivity index (χ4n) is 2.73. The maximum Gasteiger partial charge on any atom is 0.416 e. The average Bonchev–Trinajstić information content (AvgIpc) is 3.20. The van der Waals surface area contributed by atoms with Gasteiger partial charge in [0.05, 0.1) is 28.7 Å². The molecular formula is C18H18F3N5O. The number of amides is 1. The average molecular weight is 377 g/mol. The summed E-state index contributed by atoms with van der Waals surface area (Å²) in [6.45, 7) is 2.03. The summed E-state index contributed by atoms with van der Waals surface area (Å²) in [5, 5.41) is 6.85. The van der Waals surface area contributed by atoms with E-state index in [9.17, 15) is 18.0 Å². The number of nitrogens with one attached hydrogen (secondary N) is 1. The lowest BCUT2D eigenvalue weighted by atomic mass is 10.2. The van der Waals surface area contributed by atoms with Crippen LogP contribution in [0.15, 0.2) is 42.9 Å². The number of carbonyl (C=O) groups excluding carboxylic acids is 1. The van der Waals surface area contributed by atoms with Crippen LogP contribution in [0.5, 0.6) is 0 Å². The van der Waals surface area contributed by atoms with Gasteiger partial charge in [0.2, 0.25) is 0 Å². The van der Waals surface area contributed by atoms with E-state index in [2.05, 4.69) is 15.4 Å². The largest absolute Gasteiger partial charge is 0.416 e. The molecule has 0 bridgehead atoms. The number of carbonyl (C=O) groups is 1. The van der Waals surface area contributed by atoms with Crippen LogP contribution in [0.1, 0.15) is 27.4 Å². The van der Waals surface area contributed by atoms with Crippen LogP contribution in [0.2, 0.25) is 0 Å².